The number of para-hydroxylation sites is 1. The predicted molar refractivity (Wildman–Crippen MR) is 60.5 cm³/mol. The van der Waals surface area contributed by atoms with E-state index in [1.165, 1.54) is 5.56 Å². The Morgan fingerprint density at radius 3 is 2.94 bits per heavy atom. The first-order valence-electron chi connectivity index (χ1n) is 5.79. The predicted octanol–water partition coefficient (Wildman–Crippen LogP) is 1.62. The number of ether oxygens (including phenoxy) is 1. The van der Waals surface area contributed by atoms with Crippen LogP contribution >= 0.6 is 0 Å². The summed E-state index contributed by atoms with van der Waals surface area (Å²) in [4.78, 5) is 11.3. The van der Waals surface area contributed by atoms with E-state index < -0.39 is 0 Å². The van der Waals surface area contributed by atoms with Crippen molar-refractivity contribution in [3.8, 4) is 5.75 Å². The van der Waals surface area contributed by atoms with Crippen LogP contribution in [-0.2, 0) is 10.2 Å². The minimum Gasteiger partial charge on any atom is -0.493 e. The molecule has 1 fully saturated rings. The van der Waals surface area contributed by atoms with Gasteiger partial charge in [0.25, 0.3) is 0 Å². The number of fused-ring (bicyclic) bond motifs is 2. The van der Waals surface area contributed by atoms with Crippen LogP contribution in [0.2, 0.25) is 0 Å². The highest BCUT2D eigenvalue weighted by molar-refractivity contribution is 5.77. The van der Waals surface area contributed by atoms with Gasteiger partial charge in [-0.2, -0.15) is 0 Å². The van der Waals surface area contributed by atoms with Crippen LogP contribution in [0.5, 0.6) is 5.75 Å². The van der Waals surface area contributed by atoms with Crippen molar-refractivity contribution in [3.05, 3.63) is 29.8 Å². The monoisotopic (exact) mass is 217 g/mol. The van der Waals surface area contributed by atoms with Gasteiger partial charge in [0.15, 0.2) is 0 Å². The highest BCUT2D eigenvalue weighted by Crippen LogP contribution is 2.42. The summed E-state index contributed by atoms with van der Waals surface area (Å²) in [6.45, 7) is 1.51. The molecule has 2 heterocycles. The van der Waals surface area contributed by atoms with Crippen LogP contribution in [0.3, 0.4) is 0 Å². The van der Waals surface area contributed by atoms with Crippen molar-refractivity contribution < 1.29 is 9.53 Å². The first-order valence-corrected chi connectivity index (χ1v) is 5.79. The van der Waals surface area contributed by atoms with Crippen LogP contribution < -0.4 is 10.1 Å². The van der Waals surface area contributed by atoms with Gasteiger partial charge in [0.1, 0.15) is 5.75 Å². The number of hydrogen-bond acceptors (Lipinski definition) is 2. The molecule has 0 aromatic heterocycles. The minimum atomic E-state index is 0.114. The smallest absolute Gasteiger partial charge is 0.220 e. The van der Waals surface area contributed by atoms with Crippen molar-refractivity contribution in [1.29, 1.82) is 0 Å². The van der Waals surface area contributed by atoms with E-state index in [2.05, 4.69) is 11.4 Å². The molecule has 0 bridgehead atoms. The second-order valence-electron chi connectivity index (χ2n) is 4.65. The van der Waals surface area contributed by atoms with E-state index in [0.717, 1.165) is 31.7 Å². The van der Waals surface area contributed by atoms with E-state index in [-0.39, 0.29) is 11.3 Å². The molecule has 84 valence electrons. The topological polar surface area (TPSA) is 38.3 Å². The lowest BCUT2D eigenvalue weighted by Crippen LogP contribution is -2.48. The van der Waals surface area contributed by atoms with E-state index in [1.807, 2.05) is 18.2 Å². The molecule has 1 aromatic rings. The van der Waals surface area contributed by atoms with Gasteiger partial charge in [-0.25, -0.2) is 0 Å². The molecule has 3 nitrogen and oxygen atoms in total. The second-order valence-corrected chi connectivity index (χ2v) is 4.65. The molecule has 3 rings (SSSR count). The average molecular weight is 217 g/mol. The van der Waals surface area contributed by atoms with E-state index in [1.54, 1.807) is 0 Å². The van der Waals surface area contributed by atoms with Crippen molar-refractivity contribution in [2.24, 2.45) is 0 Å². The lowest BCUT2D eigenvalue weighted by Gasteiger charge is -2.41. The maximum absolute atomic E-state index is 11.3. The average Bonchev–Trinajstić information content (AvgIpc) is 2.34. The molecule has 1 N–H and O–H groups in total. The first kappa shape index (κ1) is 9.70. The largest absolute Gasteiger partial charge is 0.493 e. The maximum atomic E-state index is 11.3. The Morgan fingerprint density at radius 2 is 2.12 bits per heavy atom. The zero-order valence-corrected chi connectivity index (χ0v) is 9.16. The zero-order chi connectivity index (χ0) is 11.0. The highest BCUT2D eigenvalue weighted by Gasteiger charge is 2.40. The molecule has 16 heavy (non-hydrogen) atoms. The summed E-state index contributed by atoms with van der Waals surface area (Å²) >= 11 is 0. The molecule has 1 saturated heterocycles. The number of carbonyl (C=O) groups excluding carboxylic acids is 1. The lowest BCUT2D eigenvalue weighted by molar-refractivity contribution is -0.123. The van der Waals surface area contributed by atoms with Crippen LogP contribution in [0.4, 0.5) is 0 Å². The summed E-state index contributed by atoms with van der Waals surface area (Å²) in [6.07, 6.45) is 2.58. The number of piperidine rings is 1. The molecule has 0 aliphatic carbocycles. The Morgan fingerprint density at radius 1 is 1.25 bits per heavy atom. The lowest BCUT2D eigenvalue weighted by atomic mass is 9.71. The summed E-state index contributed by atoms with van der Waals surface area (Å²) in [7, 11) is 0. The Bertz CT molecular complexity index is 418. The van der Waals surface area contributed by atoms with Crippen molar-refractivity contribution in [2.45, 2.75) is 24.7 Å². The molecule has 1 atom stereocenters. The van der Waals surface area contributed by atoms with Crippen molar-refractivity contribution >= 4 is 5.91 Å². The van der Waals surface area contributed by atoms with Gasteiger partial charge in [0, 0.05) is 23.9 Å². The van der Waals surface area contributed by atoms with Crippen molar-refractivity contribution in [2.75, 3.05) is 13.2 Å². The van der Waals surface area contributed by atoms with Crippen LogP contribution in [0.15, 0.2) is 24.3 Å². The van der Waals surface area contributed by atoms with E-state index in [0.29, 0.717) is 6.42 Å². The summed E-state index contributed by atoms with van der Waals surface area (Å²) < 4.78 is 5.67. The van der Waals surface area contributed by atoms with Gasteiger partial charge in [0.05, 0.1) is 6.61 Å². The van der Waals surface area contributed by atoms with Gasteiger partial charge < -0.3 is 10.1 Å². The Labute approximate surface area is 94.8 Å². The minimum absolute atomic E-state index is 0.114. The molecule has 2 aliphatic heterocycles. The third-order valence-electron chi connectivity index (χ3n) is 3.75. The molecule has 1 aromatic carbocycles. The number of hydrogen-bond donors (Lipinski definition) is 1. The molecule has 1 unspecified atom stereocenters. The van der Waals surface area contributed by atoms with Crippen molar-refractivity contribution in [1.82, 2.24) is 5.32 Å². The highest BCUT2D eigenvalue weighted by atomic mass is 16.5. The molecular formula is C13H15NO2. The summed E-state index contributed by atoms with van der Waals surface area (Å²) in [5.41, 5.74) is 1.38. The molecular weight excluding hydrogens is 202 g/mol. The molecule has 1 amide bonds. The SMILES string of the molecule is O=C1CCC2(CCOc3ccccc32)CN1. The molecule has 0 radical (unpaired) electrons. The van der Waals surface area contributed by atoms with Gasteiger partial charge in [-0.15, -0.1) is 0 Å². The fraction of sp³-hybridized carbons (Fsp3) is 0.462. The molecule has 0 saturated carbocycles. The molecule has 3 heteroatoms. The third-order valence-corrected chi connectivity index (χ3v) is 3.75. The van der Waals surface area contributed by atoms with E-state index in [9.17, 15) is 4.79 Å². The maximum Gasteiger partial charge on any atom is 0.220 e. The van der Waals surface area contributed by atoms with Gasteiger partial charge in [-0.1, -0.05) is 18.2 Å². The second kappa shape index (κ2) is 3.51. The first-order chi connectivity index (χ1) is 7.80. The van der Waals surface area contributed by atoms with Crippen LogP contribution in [-0.4, -0.2) is 19.1 Å². The fourth-order valence-corrected chi connectivity index (χ4v) is 2.76. The van der Waals surface area contributed by atoms with Gasteiger partial charge >= 0.3 is 0 Å². The molecule has 2 aliphatic rings. The summed E-state index contributed by atoms with van der Waals surface area (Å²) in [5.74, 6) is 1.17. The van der Waals surface area contributed by atoms with E-state index in [4.69, 9.17) is 4.74 Å². The van der Waals surface area contributed by atoms with Crippen LogP contribution in [0, 0.1) is 0 Å². The number of nitrogens with one attached hydrogen (secondary N) is 1. The quantitative estimate of drug-likeness (QED) is 0.717. The zero-order valence-electron chi connectivity index (χ0n) is 9.16. The Hall–Kier alpha value is -1.51. The van der Waals surface area contributed by atoms with Gasteiger partial charge in [-0.3, -0.25) is 4.79 Å². The number of rotatable bonds is 0. The normalized spacial score (nSPS) is 28.1. The Balaban J connectivity index is 2.00. The Kier molecular flexibility index (Phi) is 2.13. The number of amides is 1. The number of benzene rings is 1. The number of carbonyl (C=O) groups is 1. The summed E-state index contributed by atoms with van der Waals surface area (Å²) in [5, 5.41) is 2.99. The van der Waals surface area contributed by atoms with Crippen LogP contribution in [0.1, 0.15) is 24.8 Å². The van der Waals surface area contributed by atoms with Crippen LogP contribution in [0.25, 0.3) is 0 Å². The van der Waals surface area contributed by atoms with Crippen molar-refractivity contribution in [3.63, 3.8) is 0 Å². The fourth-order valence-electron chi connectivity index (χ4n) is 2.76. The summed E-state index contributed by atoms with van der Waals surface area (Å²) in [6, 6.07) is 8.20. The van der Waals surface area contributed by atoms with Gasteiger partial charge in [-0.05, 0) is 18.9 Å². The van der Waals surface area contributed by atoms with Gasteiger partial charge in [0.2, 0.25) is 5.91 Å². The standard InChI is InChI=1S/C13H15NO2/c15-12-5-6-13(9-14-12)7-8-16-11-4-2-1-3-10(11)13/h1-4H,5-9H2,(H,14,15). The van der Waals surface area contributed by atoms with E-state index >= 15 is 0 Å². The molecule has 1 spiro atoms. The third kappa shape index (κ3) is 1.39.